The maximum absolute atomic E-state index is 13.6. The third-order valence-corrected chi connectivity index (χ3v) is 3.87. The zero-order valence-corrected chi connectivity index (χ0v) is 11.6. The Morgan fingerprint density at radius 1 is 1.47 bits per heavy atom. The fourth-order valence-corrected chi connectivity index (χ4v) is 2.64. The van der Waals surface area contributed by atoms with E-state index in [0.717, 1.165) is 12.1 Å². The molecule has 4 heteroatoms. The molecule has 0 bridgehead atoms. The predicted molar refractivity (Wildman–Crippen MR) is 73.8 cm³/mol. The highest BCUT2D eigenvalue weighted by atomic mass is 19.1. The normalized spacial score (nSPS) is 23.1. The Kier molecular flexibility index (Phi) is 4.53. The number of benzene rings is 1. The molecular weight excluding hydrogens is 243 g/mol. The molecule has 2 atom stereocenters. The van der Waals surface area contributed by atoms with Crippen LogP contribution in [0.2, 0.25) is 0 Å². The Labute approximate surface area is 113 Å². The number of hydrogen-bond donors (Lipinski definition) is 2. The van der Waals surface area contributed by atoms with Gasteiger partial charge < -0.3 is 10.2 Å². The number of carbonyl (C=O) groups is 1. The van der Waals surface area contributed by atoms with Crippen LogP contribution in [0.15, 0.2) is 18.2 Å². The first-order valence-electron chi connectivity index (χ1n) is 6.97. The molecule has 1 aromatic rings. The number of halogens is 1. The number of rotatable bonds is 3. The van der Waals surface area contributed by atoms with E-state index >= 15 is 0 Å². The molecule has 1 unspecified atom stereocenters. The van der Waals surface area contributed by atoms with Gasteiger partial charge in [0.25, 0.3) is 5.91 Å². The molecule has 0 radical (unpaired) electrons. The van der Waals surface area contributed by atoms with Gasteiger partial charge in [-0.25, -0.2) is 4.39 Å². The van der Waals surface area contributed by atoms with Gasteiger partial charge >= 0.3 is 0 Å². The number of piperidine rings is 1. The van der Waals surface area contributed by atoms with Crippen molar-refractivity contribution in [3.05, 3.63) is 29.6 Å². The van der Waals surface area contributed by atoms with E-state index in [1.165, 1.54) is 30.2 Å². The standard InChI is InChI=1S/C15H21FN2O/c1-11-6-7-14(13(16)9-11)17-15(19)10-18-8-4-3-5-12(18)2/h6-7,9,12H,3-5,8,10H2,1-2H3,(H,17,19)/p+1/t12-/m1/s1. The first-order chi connectivity index (χ1) is 9.06. The van der Waals surface area contributed by atoms with Gasteiger partial charge in [-0.2, -0.15) is 0 Å². The van der Waals surface area contributed by atoms with Crippen molar-refractivity contribution < 1.29 is 14.1 Å². The summed E-state index contributed by atoms with van der Waals surface area (Å²) in [4.78, 5) is 13.3. The van der Waals surface area contributed by atoms with Crippen LogP contribution in [-0.2, 0) is 4.79 Å². The van der Waals surface area contributed by atoms with Crippen LogP contribution < -0.4 is 10.2 Å². The Hall–Kier alpha value is -1.42. The molecule has 3 nitrogen and oxygen atoms in total. The SMILES string of the molecule is Cc1ccc(NC(=O)C[NH+]2CCCC[C@H]2C)c(F)c1. The van der Waals surface area contributed by atoms with E-state index in [9.17, 15) is 9.18 Å². The molecule has 1 aliphatic rings. The molecule has 0 saturated carbocycles. The Balaban J connectivity index is 1.93. The lowest BCUT2D eigenvalue weighted by molar-refractivity contribution is -0.920. The van der Waals surface area contributed by atoms with Gasteiger partial charge in [0.15, 0.2) is 6.54 Å². The predicted octanol–water partition coefficient (Wildman–Crippen LogP) is 1.53. The van der Waals surface area contributed by atoms with Crippen LogP contribution in [0.25, 0.3) is 0 Å². The largest absolute Gasteiger partial charge is 0.325 e. The lowest BCUT2D eigenvalue weighted by Gasteiger charge is -2.29. The fourth-order valence-electron chi connectivity index (χ4n) is 2.64. The van der Waals surface area contributed by atoms with Crippen molar-refractivity contribution in [3.63, 3.8) is 0 Å². The summed E-state index contributed by atoms with van der Waals surface area (Å²) < 4.78 is 13.6. The average Bonchev–Trinajstić information content (AvgIpc) is 2.36. The number of amides is 1. The van der Waals surface area contributed by atoms with Crippen molar-refractivity contribution in [2.75, 3.05) is 18.4 Å². The highest BCUT2D eigenvalue weighted by molar-refractivity contribution is 5.91. The van der Waals surface area contributed by atoms with Crippen LogP contribution in [0, 0.1) is 12.7 Å². The van der Waals surface area contributed by atoms with E-state index in [1.807, 2.05) is 6.92 Å². The summed E-state index contributed by atoms with van der Waals surface area (Å²) in [6, 6.07) is 5.38. The Morgan fingerprint density at radius 2 is 2.26 bits per heavy atom. The summed E-state index contributed by atoms with van der Waals surface area (Å²) in [5, 5.41) is 2.67. The second-order valence-electron chi connectivity index (χ2n) is 5.51. The van der Waals surface area contributed by atoms with Crippen molar-refractivity contribution in [2.24, 2.45) is 0 Å². The Bertz CT molecular complexity index is 461. The average molecular weight is 265 g/mol. The van der Waals surface area contributed by atoms with Crippen LogP contribution in [0.4, 0.5) is 10.1 Å². The summed E-state index contributed by atoms with van der Waals surface area (Å²) in [6.07, 6.45) is 3.59. The van der Waals surface area contributed by atoms with Crippen LogP contribution in [0.1, 0.15) is 31.7 Å². The number of carbonyl (C=O) groups excluding carboxylic acids is 1. The van der Waals surface area contributed by atoms with Gasteiger partial charge in [0.1, 0.15) is 5.82 Å². The lowest BCUT2D eigenvalue weighted by atomic mass is 10.0. The van der Waals surface area contributed by atoms with Gasteiger partial charge in [-0.05, 0) is 50.8 Å². The number of hydrogen-bond acceptors (Lipinski definition) is 1. The summed E-state index contributed by atoms with van der Waals surface area (Å²) >= 11 is 0. The highest BCUT2D eigenvalue weighted by Gasteiger charge is 2.24. The minimum Gasteiger partial charge on any atom is -0.325 e. The summed E-state index contributed by atoms with van der Waals surface area (Å²) in [5.74, 6) is -0.471. The van der Waals surface area contributed by atoms with E-state index in [-0.39, 0.29) is 17.4 Å². The van der Waals surface area contributed by atoms with Crippen molar-refractivity contribution in [1.29, 1.82) is 0 Å². The van der Waals surface area contributed by atoms with Gasteiger partial charge in [0.05, 0.1) is 18.3 Å². The molecular formula is C15H22FN2O+. The zero-order chi connectivity index (χ0) is 13.8. The smallest absolute Gasteiger partial charge is 0.279 e. The van der Waals surface area contributed by atoms with Crippen molar-refractivity contribution in [1.82, 2.24) is 0 Å². The van der Waals surface area contributed by atoms with Crippen LogP contribution >= 0.6 is 0 Å². The van der Waals surface area contributed by atoms with Gasteiger partial charge in [0.2, 0.25) is 0 Å². The fraction of sp³-hybridized carbons (Fsp3) is 0.533. The van der Waals surface area contributed by atoms with Gasteiger partial charge in [-0.3, -0.25) is 4.79 Å². The molecule has 0 aliphatic carbocycles. The molecule has 1 aromatic carbocycles. The minimum absolute atomic E-state index is 0.105. The van der Waals surface area contributed by atoms with Gasteiger partial charge in [0, 0.05) is 0 Å². The zero-order valence-electron chi connectivity index (χ0n) is 11.6. The molecule has 1 aliphatic heterocycles. The van der Waals surface area contributed by atoms with Crippen LogP contribution in [-0.4, -0.2) is 25.0 Å². The quantitative estimate of drug-likeness (QED) is 0.854. The molecule has 1 fully saturated rings. The van der Waals surface area contributed by atoms with E-state index in [2.05, 4.69) is 12.2 Å². The molecule has 1 heterocycles. The number of nitrogens with one attached hydrogen (secondary N) is 2. The first kappa shape index (κ1) is 14.0. The van der Waals surface area contributed by atoms with Crippen molar-refractivity contribution in [2.45, 2.75) is 39.2 Å². The minimum atomic E-state index is -0.366. The van der Waals surface area contributed by atoms with Gasteiger partial charge in [-0.15, -0.1) is 0 Å². The van der Waals surface area contributed by atoms with E-state index in [0.29, 0.717) is 12.6 Å². The molecule has 2 rings (SSSR count). The number of aryl methyl sites for hydroxylation is 1. The second-order valence-corrected chi connectivity index (χ2v) is 5.51. The summed E-state index contributed by atoms with van der Waals surface area (Å²) in [7, 11) is 0. The molecule has 104 valence electrons. The molecule has 0 spiro atoms. The maximum Gasteiger partial charge on any atom is 0.279 e. The maximum atomic E-state index is 13.6. The molecule has 19 heavy (non-hydrogen) atoms. The second kappa shape index (κ2) is 6.15. The van der Waals surface area contributed by atoms with E-state index in [4.69, 9.17) is 0 Å². The number of quaternary nitrogens is 1. The van der Waals surface area contributed by atoms with E-state index < -0.39 is 0 Å². The van der Waals surface area contributed by atoms with Crippen molar-refractivity contribution in [3.8, 4) is 0 Å². The topological polar surface area (TPSA) is 33.5 Å². The van der Waals surface area contributed by atoms with Crippen LogP contribution in [0.5, 0.6) is 0 Å². The molecule has 1 amide bonds. The third kappa shape index (κ3) is 3.77. The lowest BCUT2D eigenvalue weighted by Crippen LogP contribution is -3.17. The number of likely N-dealkylation sites (tertiary alicyclic amines) is 1. The first-order valence-corrected chi connectivity index (χ1v) is 6.97. The van der Waals surface area contributed by atoms with Gasteiger partial charge in [-0.1, -0.05) is 6.07 Å². The van der Waals surface area contributed by atoms with Crippen molar-refractivity contribution >= 4 is 11.6 Å². The molecule has 0 aromatic heterocycles. The van der Waals surface area contributed by atoms with Crippen LogP contribution in [0.3, 0.4) is 0 Å². The van der Waals surface area contributed by atoms with E-state index in [1.54, 1.807) is 12.1 Å². The highest BCUT2D eigenvalue weighted by Crippen LogP contribution is 2.14. The third-order valence-electron chi connectivity index (χ3n) is 3.87. The summed E-state index contributed by atoms with van der Waals surface area (Å²) in [5.41, 5.74) is 1.13. The monoisotopic (exact) mass is 265 g/mol. The molecule has 2 N–H and O–H groups in total. The number of anilines is 1. The summed E-state index contributed by atoms with van der Waals surface area (Å²) in [6.45, 7) is 5.46. The molecule has 1 saturated heterocycles. The Morgan fingerprint density at radius 3 is 2.95 bits per heavy atom.